The van der Waals surface area contributed by atoms with Crippen LogP contribution in [0.15, 0.2) is 24.4 Å². The van der Waals surface area contributed by atoms with E-state index >= 15 is 0 Å². The minimum Gasteiger partial charge on any atom is -0.379 e. The Hall–Kier alpha value is -2.95. The van der Waals surface area contributed by atoms with Crippen LogP contribution in [0, 0.1) is 0 Å². The summed E-state index contributed by atoms with van der Waals surface area (Å²) >= 11 is 0. The van der Waals surface area contributed by atoms with Gasteiger partial charge in [-0.05, 0) is 17.7 Å². The molecule has 1 aliphatic heterocycles. The molecule has 1 aromatic carbocycles. The van der Waals surface area contributed by atoms with Gasteiger partial charge >= 0.3 is 6.03 Å². The lowest BCUT2D eigenvalue weighted by molar-refractivity contribution is 0.0342. The smallest absolute Gasteiger partial charge is 0.333 e. The van der Waals surface area contributed by atoms with Crippen molar-refractivity contribution in [1.29, 1.82) is 0 Å². The van der Waals surface area contributed by atoms with Gasteiger partial charge < -0.3 is 15.0 Å². The van der Waals surface area contributed by atoms with Crippen molar-refractivity contribution in [3.63, 3.8) is 0 Å². The van der Waals surface area contributed by atoms with Gasteiger partial charge in [0.15, 0.2) is 5.82 Å². The molecule has 0 spiro atoms. The predicted octanol–water partition coefficient (Wildman–Crippen LogP) is 1.04. The third-order valence-corrected chi connectivity index (χ3v) is 4.42. The van der Waals surface area contributed by atoms with Crippen molar-refractivity contribution in [3.05, 3.63) is 30.0 Å². The molecule has 3 heterocycles. The SMILES string of the molecule is CNNC(=O)Nc1cn[nH]c1-c1nc2ccc(CN3CCOCC3)cc2[nH]1. The number of fused-ring (bicyclic) bond motifs is 1. The van der Waals surface area contributed by atoms with E-state index in [1.54, 1.807) is 13.2 Å². The molecule has 1 saturated heterocycles. The fraction of sp³-hybridized carbons (Fsp3) is 0.353. The van der Waals surface area contributed by atoms with Gasteiger partial charge in [-0.25, -0.2) is 15.2 Å². The number of nitrogens with zero attached hydrogens (tertiary/aromatic N) is 3. The van der Waals surface area contributed by atoms with Gasteiger partial charge in [-0.2, -0.15) is 5.10 Å². The van der Waals surface area contributed by atoms with Crippen LogP contribution in [0.2, 0.25) is 0 Å². The van der Waals surface area contributed by atoms with E-state index in [9.17, 15) is 4.79 Å². The molecule has 0 unspecified atom stereocenters. The summed E-state index contributed by atoms with van der Waals surface area (Å²) in [6, 6.07) is 5.82. The number of hydrogen-bond acceptors (Lipinski definition) is 6. The number of aromatic amines is 2. The van der Waals surface area contributed by atoms with Crippen molar-refractivity contribution < 1.29 is 9.53 Å². The molecule has 10 heteroatoms. The number of ether oxygens (including phenoxy) is 1. The summed E-state index contributed by atoms with van der Waals surface area (Å²) in [5.74, 6) is 0.616. The first kappa shape index (κ1) is 17.5. The number of hydrazine groups is 1. The number of rotatable bonds is 5. The Bertz CT molecular complexity index is 928. The third kappa shape index (κ3) is 3.92. The van der Waals surface area contributed by atoms with Gasteiger partial charge in [-0.1, -0.05) is 6.07 Å². The Morgan fingerprint density at radius 2 is 2.19 bits per heavy atom. The molecule has 0 saturated carbocycles. The van der Waals surface area contributed by atoms with Gasteiger partial charge in [-0.15, -0.1) is 0 Å². The molecule has 27 heavy (non-hydrogen) atoms. The molecule has 2 amide bonds. The fourth-order valence-electron chi connectivity index (χ4n) is 3.12. The fourth-order valence-corrected chi connectivity index (χ4v) is 3.12. The molecule has 0 atom stereocenters. The third-order valence-electron chi connectivity index (χ3n) is 4.42. The predicted molar refractivity (Wildman–Crippen MR) is 101 cm³/mol. The van der Waals surface area contributed by atoms with Crippen molar-refractivity contribution in [2.45, 2.75) is 6.54 Å². The Balaban J connectivity index is 1.55. The molecular weight excluding hydrogens is 348 g/mol. The Morgan fingerprint density at radius 1 is 1.33 bits per heavy atom. The molecule has 1 fully saturated rings. The Kier molecular flexibility index (Phi) is 5.01. The first-order valence-corrected chi connectivity index (χ1v) is 8.79. The maximum absolute atomic E-state index is 11.7. The number of hydrogen-bond donors (Lipinski definition) is 5. The number of carbonyl (C=O) groups excluding carboxylic acids is 1. The van der Waals surface area contributed by atoms with Crippen molar-refractivity contribution in [1.82, 2.24) is 35.9 Å². The van der Waals surface area contributed by atoms with Crippen molar-refractivity contribution >= 4 is 22.8 Å². The zero-order chi connectivity index (χ0) is 18.6. The second-order valence-corrected chi connectivity index (χ2v) is 6.31. The summed E-state index contributed by atoms with van der Waals surface area (Å²) in [4.78, 5) is 22.0. The lowest BCUT2D eigenvalue weighted by atomic mass is 10.2. The molecule has 2 aromatic heterocycles. The van der Waals surface area contributed by atoms with E-state index in [0.717, 1.165) is 43.9 Å². The standard InChI is InChI=1S/C17H22N8O2/c1-18-24-17(26)22-14-9-19-23-15(14)16-20-12-3-2-11(8-13(12)21-16)10-25-4-6-27-7-5-25/h2-3,8-9,18H,4-7,10H2,1H3,(H,19,23)(H,20,21)(H2,22,24,26). The number of urea groups is 1. The number of H-pyrrole nitrogens is 2. The summed E-state index contributed by atoms with van der Waals surface area (Å²) in [5.41, 5.74) is 9.19. The average Bonchev–Trinajstić information content (AvgIpc) is 3.28. The highest BCUT2D eigenvalue weighted by Gasteiger charge is 2.15. The molecule has 10 nitrogen and oxygen atoms in total. The van der Waals surface area contributed by atoms with E-state index in [-0.39, 0.29) is 6.03 Å². The number of benzene rings is 1. The van der Waals surface area contributed by atoms with Crippen molar-refractivity contribution in [3.8, 4) is 11.5 Å². The maximum Gasteiger partial charge on any atom is 0.333 e. The Labute approximate surface area is 155 Å². The van der Waals surface area contributed by atoms with Gasteiger partial charge in [0.1, 0.15) is 5.69 Å². The monoisotopic (exact) mass is 370 g/mol. The summed E-state index contributed by atoms with van der Waals surface area (Å²) in [6.07, 6.45) is 1.54. The number of aromatic nitrogens is 4. The van der Waals surface area contributed by atoms with E-state index in [1.165, 1.54) is 5.56 Å². The summed E-state index contributed by atoms with van der Waals surface area (Å²) < 4.78 is 5.40. The molecule has 3 aromatic rings. The number of nitrogens with one attached hydrogen (secondary N) is 5. The van der Waals surface area contributed by atoms with Crippen LogP contribution in [0.5, 0.6) is 0 Å². The number of morpholine rings is 1. The van der Waals surface area contributed by atoms with Gasteiger partial charge in [-0.3, -0.25) is 15.4 Å². The van der Waals surface area contributed by atoms with E-state index in [1.807, 2.05) is 6.07 Å². The molecule has 142 valence electrons. The zero-order valence-corrected chi connectivity index (χ0v) is 15.0. The van der Waals surface area contributed by atoms with E-state index in [4.69, 9.17) is 4.74 Å². The topological polar surface area (TPSA) is 123 Å². The van der Waals surface area contributed by atoms with Gasteiger partial charge in [0.05, 0.1) is 36.1 Å². The van der Waals surface area contributed by atoms with Crippen molar-refractivity contribution in [2.24, 2.45) is 0 Å². The quantitative estimate of drug-likeness (QED) is 0.428. The highest BCUT2D eigenvalue weighted by molar-refractivity contribution is 5.93. The van der Waals surface area contributed by atoms with Crippen LogP contribution in [-0.2, 0) is 11.3 Å². The molecule has 0 radical (unpaired) electrons. The first-order valence-electron chi connectivity index (χ1n) is 8.79. The molecular formula is C17H22N8O2. The number of carbonyl (C=O) groups is 1. The van der Waals surface area contributed by atoms with Crippen LogP contribution in [0.4, 0.5) is 10.5 Å². The molecule has 4 rings (SSSR count). The number of anilines is 1. The highest BCUT2D eigenvalue weighted by Crippen LogP contribution is 2.26. The largest absolute Gasteiger partial charge is 0.379 e. The van der Waals surface area contributed by atoms with Gasteiger partial charge in [0.25, 0.3) is 0 Å². The summed E-state index contributed by atoms with van der Waals surface area (Å²) in [7, 11) is 1.61. The minimum atomic E-state index is -0.385. The molecule has 1 aliphatic rings. The van der Waals surface area contributed by atoms with E-state index < -0.39 is 0 Å². The van der Waals surface area contributed by atoms with Crippen LogP contribution < -0.4 is 16.2 Å². The summed E-state index contributed by atoms with van der Waals surface area (Å²) in [6.45, 7) is 4.35. The minimum absolute atomic E-state index is 0.385. The van der Waals surface area contributed by atoms with Crippen molar-refractivity contribution in [2.75, 3.05) is 38.7 Å². The lowest BCUT2D eigenvalue weighted by Gasteiger charge is -2.26. The average molecular weight is 370 g/mol. The van der Waals surface area contributed by atoms with E-state index in [0.29, 0.717) is 17.2 Å². The van der Waals surface area contributed by atoms with Gasteiger partial charge in [0, 0.05) is 26.7 Å². The second-order valence-electron chi connectivity index (χ2n) is 6.31. The first-order chi connectivity index (χ1) is 13.2. The number of amides is 2. The van der Waals surface area contributed by atoms with Crippen LogP contribution in [0.3, 0.4) is 0 Å². The Morgan fingerprint density at radius 3 is 3.00 bits per heavy atom. The normalized spacial score (nSPS) is 15.1. The zero-order valence-electron chi connectivity index (χ0n) is 15.0. The maximum atomic E-state index is 11.7. The van der Waals surface area contributed by atoms with Gasteiger partial charge in [0.2, 0.25) is 0 Å². The lowest BCUT2D eigenvalue weighted by Crippen LogP contribution is -2.37. The molecule has 5 N–H and O–H groups in total. The second kappa shape index (κ2) is 7.74. The van der Waals surface area contributed by atoms with Crippen LogP contribution >= 0.6 is 0 Å². The molecule has 0 aliphatic carbocycles. The number of imidazole rings is 1. The molecule has 0 bridgehead atoms. The van der Waals surface area contributed by atoms with Crippen LogP contribution in [-0.4, -0.2) is 64.4 Å². The highest BCUT2D eigenvalue weighted by atomic mass is 16.5. The van der Waals surface area contributed by atoms with Crippen LogP contribution in [0.1, 0.15) is 5.56 Å². The summed E-state index contributed by atoms with van der Waals surface area (Å²) in [5, 5.41) is 9.61. The van der Waals surface area contributed by atoms with E-state index in [2.05, 4.69) is 53.4 Å². The van der Waals surface area contributed by atoms with Crippen LogP contribution in [0.25, 0.3) is 22.6 Å².